The molecular weight excluding hydrogens is 157 g/mol. The number of nitrogens with zero attached hydrogens (tertiary/aromatic N) is 1. The topological polar surface area (TPSA) is 33.0 Å². The second-order valence-electron chi connectivity index (χ2n) is 2.23. The Kier molecular flexibility index (Phi) is 3.09. The Bertz CT molecular complexity index is 293. The van der Waals surface area contributed by atoms with Crippen molar-refractivity contribution in [1.29, 1.82) is 5.26 Å². The van der Waals surface area contributed by atoms with Gasteiger partial charge in [-0.1, -0.05) is 12.1 Å². The minimum absolute atomic E-state index is 0.00423. The number of hydrogen-bond donors (Lipinski definition) is 0. The molecule has 62 valence electrons. The number of benzene rings is 1. The summed E-state index contributed by atoms with van der Waals surface area (Å²) in [5.74, 6) is 0.534. The molecule has 0 atom stereocenters. The lowest BCUT2D eigenvalue weighted by atomic mass is 10.2. The maximum atomic E-state index is 12.1. The van der Waals surface area contributed by atoms with Gasteiger partial charge in [0.1, 0.15) is 18.5 Å². The van der Waals surface area contributed by atoms with Crippen molar-refractivity contribution in [2.75, 3.05) is 6.61 Å². The Labute approximate surface area is 70.2 Å². The third-order valence-electron chi connectivity index (χ3n) is 1.36. The van der Waals surface area contributed by atoms with Crippen LogP contribution in [0.2, 0.25) is 0 Å². The largest absolute Gasteiger partial charge is 0.479 e. The first kappa shape index (κ1) is 8.54. The number of ether oxygens (including phenoxy) is 1. The Balaban J connectivity index is 2.67. The Morgan fingerprint density at radius 2 is 2.33 bits per heavy atom. The van der Waals surface area contributed by atoms with Crippen molar-refractivity contribution in [3.63, 3.8) is 0 Å². The lowest BCUT2D eigenvalue weighted by molar-refractivity contribution is 0.366. The number of rotatable bonds is 3. The van der Waals surface area contributed by atoms with Crippen molar-refractivity contribution < 1.29 is 9.13 Å². The molecule has 0 aliphatic rings. The molecule has 0 unspecified atom stereocenters. The van der Waals surface area contributed by atoms with E-state index in [-0.39, 0.29) is 6.61 Å². The molecule has 0 aliphatic heterocycles. The molecule has 1 rings (SSSR count). The lowest BCUT2D eigenvalue weighted by Crippen LogP contribution is -1.93. The summed E-state index contributed by atoms with van der Waals surface area (Å²) in [6.07, 6.45) is 0. The summed E-state index contributed by atoms with van der Waals surface area (Å²) in [6.45, 7) is -0.514. The summed E-state index contributed by atoms with van der Waals surface area (Å²) < 4.78 is 17.1. The molecule has 0 spiro atoms. The van der Waals surface area contributed by atoms with Gasteiger partial charge in [0.25, 0.3) is 0 Å². The highest BCUT2D eigenvalue weighted by atomic mass is 19.1. The van der Waals surface area contributed by atoms with Crippen molar-refractivity contribution in [1.82, 2.24) is 0 Å². The first-order valence-corrected chi connectivity index (χ1v) is 3.51. The van der Waals surface area contributed by atoms with Gasteiger partial charge >= 0.3 is 0 Å². The zero-order valence-electron chi connectivity index (χ0n) is 6.46. The highest BCUT2D eigenvalue weighted by molar-refractivity contribution is 5.28. The molecule has 3 heteroatoms. The van der Waals surface area contributed by atoms with E-state index in [4.69, 9.17) is 10.00 Å². The van der Waals surface area contributed by atoms with Gasteiger partial charge in [0.05, 0.1) is 0 Å². The summed E-state index contributed by atoms with van der Waals surface area (Å²) in [7, 11) is 0. The molecule has 0 saturated heterocycles. The van der Waals surface area contributed by atoms with E-state index in [2.05, 4.69) is 0 Å². The van der Waals surface area contributed by atoms with Gasteiger partial charge in [0, 0.05) is 0 Å². The van der Waals surface area contributed by atoms with Crippen LogP contribution in [0.15, 0.2) is 24.3 Å². The van der Waals surface area contributed by atoms with Gasteiger partial charge in [-0.2, -0.15) is 5.26 Å². The van der Waals surface area contributed by atoms with Crippen LogP contribution in [-0.4, -0.2) is 6.61 Å². The molecule has 0 aromatic heterocycles. The van der Waals surface area contributed by atoms with Gasteiger partial charge in [-0.15, -0.1) is 0 Å². The zero-order chi connectivity index (χ0) is 8.81. The Hall–Kier alpha value is -1.56. The minimum Gasteiger partial charge on any atom is -0.479 e. The van der Waals surface area contributed by atoms with E-state index in [9.17, 15) is 4.39 Å². The molecule has 0 N–H and O–H groups in total. The third kappa shape index (κ3) is 2.24. The minimum atomic E-state index is -0.510. The predicted octanol–water partition coefficient (Wildman–Crippen LogP) is 2.06. The van der Waals surface area contributed by atoms with Gasteiger partial charge < -0.3 is 4.74 Å². The molecule has 0 bridgehead atoms. The smallest absolute Gasteiger partial charge is 0.174 e. The molecular formula is C9H8FNO. The van der Waals surface area contributed by atoms with E-state index in [1.807, 2.05) is 6.07 Å². The molecule has 12 heavy (non-hydrogen) atoms. The van der Waals surface area contributed by atoms with Crippen LogP contribution in [0.3, 0.4) is 0 Å². The Morgan fingerprint density at radius 3 is 3.00 bits per heavy atom. The first-order chi connectivity index (χ1) is 5.86. The molecule has 0 fully saturated rings. The summed E-state index contributed by atoms with van der Waals surface area (Å²) in [5, 5.41) is 8.20. The predicted molar refractivity (Wildman–Crippen MR) is 42.4 cm³/mol. The van der Waals surface area contributed by atoms with Gasteiger partial charge in [0.15, 0.2) is 6.61 Å². The molecule has 1 aromatic carbocycles. The fourth-order valence-corrected chi connectivity index (χ4v) is 0.834. The van der Waals surface area contributed by atoms with Crippen LogP contribution >= 0.6 is 0 Å². The molecule has 0 heterocycles. The van der Waals surface area contributed by atoms with E-state index in [0.29, 0.717) is 11.3 Å². The summed E-state index contributed by atoms with van der Waals surface area (Å²) >= 11 is 0. The van der Waals surface area contributed by atoms with Crippen LogP contribution in [0.5, 0.6) is 5.75 Å². The van der Waals surface area contributed by atoms with Crippen molar-refractivity contribution in [2.24, 2.45) is 0 Å². The maximum Gasteiger partial charge on any atom is 0.174 e. The molecule has 0 radical (unpaired) electrons. The SMILES string of the molecule is N#CCOc1cccc(CF)c1. The van der Waals surface area contributed by atoms with E-state index in [1.54, 1.807) is 24.3 Å². The molecule has 0 saturated carbocycles. The maximum absolute atomic E-state index is 12.1. The van der Waals surface area contributed by atoms with Crippen molar-refractivity contribution in [3.8, 4) is 11.8 Å². The summed E-state index contributed by atoms with van der Waals surface area (Å²) in [6, 6.07) is 8.47. The number of hydrogen-bond acceptors (Lipinski definition) is 2. The first-order valence-electron chi connectivity index (χ1n) is 3.51. The number of nitriles is 1. The highest BCUT2D eigenvalue weighted by Crippen LogP contribution is 2.13. The van der Waals surface area contributed by atoms with Gasteiger partial charge in [-0.05, 0) is 17.7 Å². The highest BCUT2D eigenvalue weighted by Gasteiger charge is 1.94. The lowest BCUT2D eigenvalue weighted by Gasteiger charge is -2.01. The van der Waals surface area contributed by atoms with E-state index in [1.165, 1.54) is 0 Å². The van der Waals surface area contributed by atoms with Crippen molar-refractivity contribution >= 4 is 0 Å². The van der Waals surface area contributed by atoms with Gasteiger partial charge in [-0.25, -0.2) is 4.39 Å². The standard InChI is InChI=1S/C9H8FNO/c10-7-8-2-1-3-9(6-8)12-5-4-11/h1-3,6H,5,7H2. The van der Waals surface area contributed by atoms with E-state index >= 15 is 0 Å². The number of alkyl halides is 1. The van der Waals surface area contributed by atoms with Crippen LogP contribution < -0.4 is 4.74 Å². The fourth-order valence-electron chi connectivity index (χ4n) is 0.834. The third-order valence-corrected chi connectivity index (χ3v) is 1.36. The number of halogens is 1. The monoisotopic (exact) mass is 165 g/mol. The second kappa shape index (κ2) is 4.35. The van der Waals surface area contributed by atoms with Crippen LogP contribution in [0.25, 0.3) is 0 Å². The normalized spacial score (nSPS) is 9.00. The fraction of sp³-hybridized carbons (Fsp3) is 0.222. The van der Waals surface area contributed by atoms with Crippen LogP contribution in [0.1, 0.15) is 5.56 Å². The molecule has 1 aromatic rings. The van der Waals surface area contributed by atoms with Crippen molar-refractivity contribution in [3.05, 3.63) is 29.8 Å². The molecule has 0 amide bonds. The summed E-state index contributed by atoms with van der Waals surface area (Å²) in [5.41, 5.74) is 0.561. The summed E-state index contributed by atoms with van der Waals surface area (Å²) in [4.78, 5) is 0. The average Bonchev–Trinajstić information content (AvgIpc) is 2.15. The average molecular weight is 165 g/mol. The van der Waals surface area contributed by atoms with Gasteiger partial charge in [0.2, 0.25) is 0 Å². The second-order valence-corrected chi connectivity index (χ2v) is 2.23. The molecule has 2 nitrogen and oxygen atoms in total. The van der Waals surface area contributed by atoms with Crippen LogP contribution in [0.4, 0.5) is 4.39 Å². The molecule has 0 aliphatic carbocycles. The quantitative estimate of drug-likeness (QED) is 0.686. The Morgan fingerprint density at radius 1 is 1.50 bits per heavy atom. The van der Waals surface area contributed by atoms with E-state index < -0.39 is 6.67 Å². The van der Waals surface area contributed by atoms with Gasteiger partial charge in [-0.3, -0.25) is 0 Å². The van der Waals surface area contributed by atoms with Crippen LogP contribution in [-0.2, 0) is 6.67 Å². The van der Waals surface area contributed by atoms with E-state index in [0.717, 1.165) is 0 Å². The zero-order valence-corrected chi connectivity index (χ0v) is 6.46. The van der Waals surface area contributed by atoms with Crippen molar-refractivity contribution in [2.45, 2.75) is 6.67 Å². The van der Waals surface area contributed by atoms with Crippen LogP contribution in [0, 0.1) is 11.3 Å².